The number of carbonyl (C=O) groups is 1. The molecule has 0 spiro atoms. The molecule has 0 fully saturated rings. The van der Waals surface area contributed by atoms with Gasteiger partial charge in [-0.3, -0.25) is 4.79 Å². The number of hydrogen-bond donors (Lipinski definition) is 3. The van der Waals surface area contributed by atoms with Crippen LogP contribution in [0.4, 0.5) is 0 Å². The molecule has 3 N–H and O–H groups in total. The number of hydrogen-bond acceptors (Lipinski definition) is 3. The summed E-state index contributed by atoms with van der Waals surface area (Å²) in [6.45, 7) is 4.16. The number of aliphatic hydroxyl groups excluding tert-OH is 2. The summed E-state index contributed by atoms with van der Waals surface area (Å²) in [5.41, 5.74) is 0. The molecule has 2 unspecified atom stereocenters. The van der Waals surface area contributed by atoms with E-state index in [0.717, 1.165) is 96.3 Å². The molecule has 4 heteroatoms. The quantitative estimate of drug-likeness (QED) is 0.0421. The summed E-state index contributed by atoms with van der Waals surface area (Å²) in [5.74, 6) is -0.0865. The van der Waals surface area contributed by atoms with Crippen molar-refractivity contribution in [1.82, 2.24) is 5.32 Å². The summed E-state index contributed by atoms with van der Waals surface area (Å²) in [6, 6.07) is -0.651. The highest BCUT2D eigenvalue weighted by Gasteiger charge is 2.17. The van der Waals surface area contributed by atoms with Crippen molar-refractivity contribution in [3.05, 3.63) is 134 Å². The van der Waals surface area contributed by atoms with Crippen LogP contribution in [0.5, 0.6) is 0 Å². The monoisotopic (exact) mass is 882 g/mol. The van der Waals surface area contributed by atoms with E-state index in [1.807, 2.05) is 6.08 Å². The van der Waals surface area contributed by atoms with E-state index in [1.54, 1.807) is 6.08 Å². The predicted molar refractivity (Wildman–Crippen MR) is 285 cm³/mol. The minimum absolute atomic E-state index is 0.0865. The SMILES string of the molecule is CC/C=C\C/C=C\C/C=C\C/C=C\C/C=C\C/C=C\C/C=C\C/C=C\C/C=C\CCCCCCCCCCCC(=O)NC(CO)C(O)/C=C/CC/C=C/CCCCCCCCCCC. The zero-order chi connectivity index (χ0) is 46.3. The lowest BCUT2D eigenvalue weighted by atomic mass is 10.1. The van der Waals surface area contributed by atoms with Crippen LogP contribution in [-0.4, -0.2) is 34.9 Å². The molecule has 0 saturated carbocycles. The molecule has 0 aliphatic rings. The molecule has 1 amide bonds. The highest BCUT2D eigenvalue weighted by molar-refractivity contribution is 5.76. The Kier molecular flexibility index (Phi) is 50.9. The standard InChI is InChI=1S/C60H99NO3/c1-3-5-7-9-11-13-15-17-19-20-21-22-23-24-25-26-27-28-29-30-31-32-33-34-35-36-37-38-39-40-42-44-46-48-50-52-54-56-60(64)61-58(57-62)59(63)55-53-51-49-47-45-43-41-18-16-14-12-10-8-6-4-2/h5,7,11,13,17,19,21-22,24-25,27-28,30-31,33-34,36-37,45,47,53,55,58-59,62-63H,3-4,6,8-10,12,14-16,18,20,23,26,29,32,35,38-44,46,48-52,54,56-57H2,1-2H3,(H,61,64)/b7-5-,13-11-,19-17-,22-21-,25-24-,28-27-,31-30-,34-33-,37-36-,47-45+,55-53+. The molecule has 0 aromatic heterocycles. The highest BCUT2D eigenvalue weighted by atomic mass is 16.3. The van der Waals surface area contributed by atoms with Gasteiger partial charge in [0.1, 0.15) is 0 Å². The largest absolute Gasteiger partial charge is 0.394 e. The van der Waals surface area contributed by atoms with Crippen molar-refractivity contribution >= 4 is 5.91 Å². The van der Waals surface area contributed by atoms with E-state index in [0.29, 0.717) is 6.42 Å². The zero-order valence-corrected chi connectivity index (χ0v) is 41.5. The van der Waals surface area contributed by atoms with Gasteiger partial charge in [-0.2, -0.15) is 0 Å². The molecule has 362 valence electrons. The molecule has 0 aliphatic carbocycles. The Morgan fingerprint density at radius 3 is 1.09 bits per heavy atom. The van der Waals surface area contributed by atoms with Crippen LogP contribution in [0.15, 0.2) is 134 Å². The third-order valence-electron chi connectivity index (χ3n) is 11.1. The summed E-state index contributed by atoms with van der Waals surface area (Å²) in [6.07, 6.45) is 84.4. The van der Waals surface area contributed by atoms with Crippen LogP contribution in [0.1, 0.15) is 219 Å². The Labute approximate surface area is 396 Å². The van der Waals surface area contributed by atoms with Crippen LogP contribution in [0.3, 0.4) is 0 Å². The predicted octanol–water partition coefficient (Wildman–Crippen LogP) is 17.5. The van der Waals surface area contributed by atoms with Crippen LogP contribution in [0.25, 0.3) is 0 Å². The molecule has 0 bridgehead atoms. The second kappa shape index (κ2) is 53.9. The van der Waals surface area contributed by atoms with Crippen molar-refractivity contribution in [1.29, 1.82) is 0 Å². The van der Waals surface area contributed by atoms with Crippen LogP contribution in [0.2, 0.25) is 0 Å². The van der Waals surface area contributed by atoms with Gasteiger partial charge < -0.3 is 15.5 Å². The second-order valence-corrected chi connectivity index (χ2v) is 17.2. The van der Waals surface area contributed by atoms with Gasteiger partial charge in [0.15, 0.2) is 0 Å². The number of amides is 1. The van der Waals surface area contributed by atoms with Gasteiger partial charge in [0.2, 0.25) is 5.91 Å². The number of rotatable bonds is 46. The summed E-state index contributed by atoms with van der Waals surface area (Å²) in [5, 5.41) is 23.0. The van der Waals surface area contributed by atoms with Crippen LogP contribution in [0, 0.1) is 0 Å². The Bertz CT molecular complexity index is 1320. The lowest BCUT2D eigenvalue weighted by Crippen LogP contribution is -2.45. The molecule has 0 aromatic rings. The maximum absolute atomic E-state index is 12.4. The van der Waals surface area contributed by atoms with E-state index >= 15 is 0 Å². The lowest BCUT2D eigenvalue weighted by Gasteiger charge is -2.19. The maximum Gasteiger partial charge on any atom is 0.220 e. The third kappa shape index (κ3) is 49.5. The van der Waals surface area contributed by atoms with Gasteiger partial charge in [0.25, 0.3) is 0 Å². The van der Waals surface area contributed by atoms with E-state index < -0.39 is 12.1 Å². The van der Waals surface area contributed by atoms with E-state index in [9.17, 15) is 15.0 Å². The molecular weight excluding hydrogens is 783 g/mol. The van der Waals surface area contributed by atoms with Gasteiger partial charge in [0.05, 0.1) is 18.8 Å². The lowest BCUT2D eigenvalue weighted by molar-refractivity contribution is -0.123. The second-order valence-electron chi connectivity index (χ2n) is 17.2. The van der Waals surface area contributed by atoms with Gasteiger partial charge in [-0.1, -0.05) is 244 Å². The van der Waals surface area contributed by atoms with Crippen molar-refractivity contribution < 1.29 is 15.0 Å². The Morgan fingerprint density at radius 1 is 0.391 bits per heavy atom. The third-order valence-corrected chi connectivity index (χ3v) is 11.1. The van der Waals surface area contributed by atoms with Gasteiger partial charge in [-0.15, -0.1) is 0 Å². The van der Waals surface area contributed by atoms with Crippen molar-refractivity contribution in [3.63, 3.8) is 0 Å². The molecule has 0 aliphatic heterocycles. The molecule has 0 rings (SSSR count). The number of carbonyl (C=O) groups excluding carboxylic acids is 1. The average molecular weight is 882 g/mol. The molecule has 64 heavy (non-hydrogen) atoms. The van der Waals surface area contributed by atoms with Crippen LogP contribution in [-0.2, 0) is 4.79 Å². The number of unbranched alkanes of at least 4 members (excludes halogenated alkanes) is 19. The van der Waals surface area contributed by atoms with Crippen molar-refractivity contribution in [2.24, 2.45) is 0 Å². The van der Waals surface area contributed by atoms with Crippen LogP contribution >= 0.6 is 0 Å². The highest BCUT2D eigenvalue weighted by Crippen LogP contribution is 2.13. The molecule has 0 heterocycles. The molecule has 4 nitrogen and oxygen atoms in total. The summed E-state index contributed by atoms with van der Waals surface area (Å²) >= 11 is 0. The number of nitrogens with one attached hydrogen (secondary N) is 1. The topological polar surface area (TPSA) is 69.6 Å². The Morgan fingerprint density at radius 2 is 0.703 bits per heavy atom. The smallest absolute Gasteiger partial charge is 0.220 e. The van der Waals surface area contributed by atoms with E-state index in [1.165, 1.54) is 103 Å². The Hall–Kier alpha value is -3.47. The normalized spacial score (nSPS) is 14.0. The van der Waals surface area contributed by atoms with Gasteiger partial charge in [-0.25, -0.2) is 0 Å². The minimum Gasteiger partial charge on any atom is -0.394 e. The summed E-state index contributed by atoms with van der Waals surface area (Å²) in [4.78, 5) is 12.4. The summed E-state index contributed by atoms with van der Waals surface area (Å²) < 4.78 is 0. The molecular formula is C60H99NO3. The van der Waals surface area contributed by atoms with Gasteiger partial charge >= 0.3 is 0 Å². The van der Waals surface area contributed by atoms with E-state index in [-0.39, 0.29) is 12.5 Å². The fraction of sp³-hybridized carbons (Fsp3) is 0.617. The minimum atomic E-state index is -0.873. The molecule has 2 atom stereocenters. The first-order valence-corrected chi connectivity index (χ1v) is 26.4. The zero-order valence-electron chi connectivity index (χ0n) is 41.5. The van der Waals surface area contributed by atoms with E-state index in [4.69, 9.17) is 0 Å². The molecule has 0 saturated heterocycles. The number of aliphatic hydroxyl groups is 2. The molecule has 0 radical (unpaired) electrons. The maximum atomic E-state index is 12.4. The van der Waals surface area contributed by atoms with Crippen molar-refractivity contribution in [2.75, 3.05) is 6.61 Å². The fourth-order valence-corrected chi connectivity index (χ4v) is 7.13. The van der Waals surface area contributed by atoms with E-state index in [2.05, 4.69) is 141 Å². The first-order chi connectivity index (χ1) is 31.7. The van der Waals surface area contributed by atoms with Gasteiger partial charge in [0, 0.05) is 6.42 Å². The Balaban J connectivity index is 3.65. The summed E-state index contributed by atoms with van der Waals surface area (Å²) in [7, 11) is 0. The first kappa shape index (κ1) is 60.5. The average Bonchev–Trinajstić information content (AvgIpc) is 3.30. The van der Waals surface area contributed by atoms with Gasteiger partial charge in [-0.05, 0) is 103 Å². The van der Waals surface area contributed by atoms with Crippen molar-refractivity contribution in [3.8, 4) is 0 Å². The fourth-order valence-electron chi connectivity index (χ4n) is 7.13. The van der Waals surface area contributed by atoms with Crippen molar-refractivity contribution in [2.45, 2.75) is 231 Å². The van der Waals surface area contributed by atoms with Crippen LogP contribution < -0.4 is 5.32 Å². The number of allylic oxidation sites excluding steroid dienone is 21. The molecule has 0 aromatic carbocycles. The first-order valence-electron chi connectivity index (χ1n) is 26.4.